The van der Waals surface area contributed by atoms with Crippen molar-refractivity contribution in [2.45, 2.75) is 19.4 Å². The lowest BCUT2D eigenvalue weighted by Crippen LogP contribution is -2.02. The van der Waals surface area contributed by atoms with Crippen LogP contribution < -0.4 is 0 Å². The monoisotopic (exact) mass is 158 g/mol. The van der Waals surface area contributed by atoms with Crippen LogP contribution in [0.15, 0.2) is 11.6 Å². The molecule has 0 aromatic carbocycles. The molecule has 1 N–H and O–H groups in total. The van der Waals surface area contributed by atoms with Crippen LogP contribution in [0, 0.1) is 0 Å². The first-order valence-corrected chi connectivity index (χ1v) is 3.38. The molecule has 4 heteroatoms. The summed E-state index contributed by atoms with van der Waals surface area (Å²) in [6.07, 6.45) is 2.66. The van der Waals surface area contributed by atoms with Crippen molar-refractivity contribution in [1.82, 2.24) is 0 Å². The van der Waals surface area contributed by atoms with Gasteiger partial charge in [0.2, 0.25) is 0 Å². The van der Waals surface area contributed by atoms with Gasteiger partial charge >= 0.3 is 5.97 Å². The van der Waals surface area contributed by atoms with Crippen LogP contribution in [0.3, 0.4) is 0 Å². The SMILES string of the molecule is CC(=CCC1CO1)C(=O)OO. The molecule has 1 fully saturated rings. The first-order valence-electron chi connectivity index (χ1n) is 3.38. The van der Waals surface area contributed by atoms with Gasteiger partial charge in [-0.1, -0.05) is 6.08 Å². The van der Waals surface area contributed by atoms with Crippen molar-refractivity contribution in [3.05, 3.63) is 11.6 Å². The van der Waals surface area contributed by atoms with Gasteiger partial charge in [-0.15, -0.1) is 0 Å². The lowest BCUT2D eigenvalue weighted by molar-refractivity contribution is -0.229. The maximum atomic E-state index is 10.6. The van der Waals surface area contributed by atoms with Crippen LogP contribution in [-0.2, 0) is 14.4 Å². The van der Waals surface area contributed by atoms with Gasteiger partial charge in [0.15, 0.2) is 0 Å². The molecular weight excluding hydrogens is 148 g/mol. The van der Waals surface area contributed by atoms with E-state index in [2.05, 4.69) is 4.89 Å². The first kappa shape index (κ1) is 8.23. The van der Waals surface area contributed by atoms with Crippen LogP contribution >= 0.6 is 0 Å². The van der Waals surface area contributed by atoms with E-state index >= 15 is 0 Å². The molecule has 1 heterocycles. The third kappa shape index (κ3) is 2.69. The average Bonchev–Trinajstić information content (AvgIpc) is 2.81. The van der Waals surface area contributed by atoms with E-state index in [0.29, 0.717) is 12.0 Å². The second-order valence-corrected chi connectivity index (χ2v) is 2.46. The fraction of sp³-hybridized carbons (Fsp3) is 0.571. The third-order valence-electron chi connectivity index (χ3n) is 1.49. The van der Waals surface area contributed by atoms with Crippen molar-refractivity contribution in [2.75, 3.05) is 6.61 Å². The van der Waals surface area contributed by atoms with Gasteiger partial charge in [-0.05, 0) is 13.3 Å². The molecule has 4 nitrogen and oxygen atoms in total. The lowest BCUT2D eigenvalue weighted by atomic mass is 10.2. The van der Waals surface area contributed by atoms with Crippen LogP contribution in [0.1, 0.15) is 13.3 Å². The highest BCUT2D eigenvalue weighted by atomic mass is 17.1. The van der Waals surface area contributed by atoms with Gasteiger partial charge in [-0.25, -0.2) is 4.79 Å². The van der Waals surface area contributed by atoms with Crippen LogP contribution in [0.25, 0.3) is 0 Å². The van der Waals surface area contributed by atoms with Gasteiger partial charge in [-0.2, -0.15) is 5.26 Å². The van der Waals surface area contributed by atoms with Crippen molar-refractivity contribution in [1.29, 1.82) is 0 Å². The quantitative estimate of drug-likeness (QED) is 0.285. The normalized spacial score (nSPS) is 23.1. The summed E-state index contributed by atoms with van der Waals surface area (Å²) in [5.41, 5.74) is 0.406. The van der Waals surface area contributed by atoms with E-state index in [1.165, 1.54) is 0 Å². The molecule has 1 saturated heterocycles. The van der Waals surface area contributed by atoms with Crippen molar-refractivity contribution >= 4 is 5.97 Å². The number of hydrogen-bond donors (Lipinski definition) is 1. The molecule has 1 rings (SSSR count). The summed E-state index contributed by atoms with van der Waals surface area (Å²) in [6.45, 7) is 2.35. The van der Waals surface area contributed by atoms with E-state index in [1.807, 2.05) is 0 Å². The summed E-state index contributed by atoms with van der Waals surface area (Å²) < 4.78 is 4.91. The summed E-state index contributed by atoms with van der Waals surface area (Å²) in [5, 5.41) is 7.96. The van der Waals surface area contributed by atoms with Gasteiger partial charge in [-0.3, -0.25) is 4.89 Å². The van der Waals surface area contributed by atoms with E-state index < -0.39 is 5.97 Å². The Hall–Kier alpha value is -0.870. The topological polar surface area (TPSA) is 59.1 Å². The molecule has 1 unspecified atom stereocenters. The fourth-order valence-corrected chi connectivity index (χ4v) is 0.668. The summed E-state index contributed by atoms with van der Waals surface area (Å²) in [6, 6.07) is 0. The Labute approximate surface area is 64.3 Å². The van der Waals surface area contributed by atoms with E-state index in [1.54, 1.807) is 13.0 Å². The van der Waals surface area contributed by atoms with Crippen LogP contribution in [0.5, 0.6) is 0 Å². The maximum Gasteiger partial charge on any atom is 0.368 e. The van der Waals surface area contributed by atoms with E-state index in [0.717, 1.165) is 6.61 Å². The molecule has 0 aliphatic carbocycles. The molecule has 0 spiro atoms. The van der Waals surface area contributed by atoms with Crippen molar-refractivity contribution in [3.63, 3.8) is 0 Å². The number of carbonyl (C=O) groups is 1. The molecule has 0 aromatic rings. The van der Waals surface area contributed by atoms with Crippen LogP contribution in [-0.4, -0.2) is 23.9 Å². The molecule has 0 bridgehead atoms. The molecule has 0 amide bonds. The second kappa shape index (κ2) is 3.50. The Kier molecular flexibility index (Phi) is 2.62. The number of hydrogen-bond acceptors (Lipinski definition) is 4. The predicted octanol–water partition coefficient (Wildman–Crippen LogP) is 0.738. The summed E-state index contributed by atoms with van der Waals surface area (Å²) in [5.74, 6) is -0.703. The number of rotatable bonds is 3. The van der Waals surface area contributed by atoms with Crippen molar-refractivity contribution in [3.8, 4) is 0 Å². The minimum absolute atomic E-state index is 0.261. The van der Waals surface area contributed by atoms with Gasteiger partial charge < -0.3 is 4.74 Å². The fourth-order valence-electron chi connectivity index (χ4n) is 0.668. The van der Waals surface area contributed by atoms with Gasteiger partial charge in [0.25, 0.3) is 0 Å². The highest BCUT2D eigenvalue weighted by Gasteiger charge is 2.21. The highest BCUT2D eigenvalue weighted by molar-refractivity contribution is 5.87. The highest BCUT2D eigenvalue weighted by Crippen LogP contribution is 2.14. The van der Waals surface area contributed by atoms with Crippen LogP contribution in [0.2, 0.25) is 0 Å². The summed E-state index contributed by atoms with van der Waals surface area (Å²) in [7, 11) is 0. The Bertz CT molecular complexity index is 181. The molecule has 0 radical (unpaired) electrons. The molecule has 11 heavy (non-hydrogen) atoms. The molecule has 1 atom stereocenters. The minimum Gasteiger partial charge on any atom is -0.373 e. The number of carbonyl (C=O) groups excluding carboxylic acids is 1. The minimum atomic E-state index is -0.703. The first-order chi connectivity index (χ1) is 5.24. The van der Waals surface area contributed by atoms with Crippen molar-refractivity contribution < 1.29 is 19.7 Å². The third-order valence-corrected chi connectivity index (χ3v) is 1.49. The summed E-state index contributed by atoms with van der Waals surface area (Å²) in [4.78, 5) is 14.1. The van der Waals surface area contributed by atoms with E-state index in [4.69, 9.17) is 9.99 Å². The van der Waals surface area contributed by atoms with Crippen molar-refractivity contribution in [2.24, 2.45) is 0 Å². The Morgan fingerprint density at radius 1 is 1.91 bits per heavy atom. The molecule has 1 aliphatic rings. The Morgan fingerprint density at radius 2 is 2.55 bits per heavy atom. The predicted molar refractivity (Wildman–Crippen MR) is 36.8 cm³/mol. The Morgan fingerprint density at radius 3 is 3.00 bits per heavy atom. The number of epoxide rings is 1. The zero-order valence-electron chi connectivity index (χ0n) is 6.24. The zero-order valence-corrected chi connectivity index (χ0v) is 6.24. The zero-order chi connectivity index (χ0) is 8.27. The van der Waals surface area contributed by atoms with E-state index in [-0.39, 0.29) is 6.10 Å². The standard InChI is InChI=1S/C7H10O4/c1-5(7(8)11-9)2-3-6-4-10-6/h2,6,9H,3-4H2,1H3. The average molecular weight is 158 g/mol. The smallest absolute Gasteiger partial charge is 0.368 e. The molecule has 1 aliphatic heterocycles. The number of ether oxygens (including phenoxy) is 1. The molecule has 62 valence electrons. The molecule has 0 aromatic heterocycles. The maximum absolute atomic E-state index is 10.6. The van der Waals surface area contributed by atoms with Gasteiger partial charge in [0.1, 0.15) is 0 Å². The van der Waals surface area contributed by atoms with E-state index in [9.17, 15) is 4.79 Å². The second-order valence-electron chi connectivity index (χ2n) is 2.46. The Balaban J connectivity index is 2.30. The molecule has 0 saturated carbocycles. The summed E-state index contributed by atoms with van der Waals surface area (Å²) >= 11 is 0. The van der Waals surface area contributed by atoms with Crippen LogP contribution in [0.4, 0.5) is 0 Å². The lowest BCUT2D eigenvalue weighted by Gasteiger charge is -1.93. The van der Waals surface area contributed by atoms with Gasteiger partial charge in [0, 0.05) is 5.57 Å². The van der Waals surface area contributed by atoms with Gasteiger partial charge in [0.05, 0.1) is 12.7 Å². The molecular formula is C7H10O4. The largest absolute Gasteiger partial charge is 0.373 e.